The summed E-state index contributed by atoms with van der Waals surface area (Å²) >= 11 is 0. The molecule has 2 rings (SSSR count). The van der Waals surface area contributed by atoms with Crippen LogP contribution in [-0.4, -0.2) is 14.2 Å². The van der Waals surface area contributed by atoms with Crippen LogP contribution >= 0.6 is 0 Å². The van der Waals surface area contributed by atoms with E-state index in [0.29, 0.717) is 13.1 Å². The van der Waals surface area contributed by atoms with Crippen molar-refractivity contribution in [1.82, 2.24) is 5.32 Å². The first kappa shape index (κ1) is 14.3. The molecule has 1 N–H and O–H groups in total. The predicted molar refractivity (Wildman–Crippen MR) is 76.5 cm³/mol. The van der Waals surface area contributed by atoms with E-state index in [1.807, 2.05) is 24.3 Å². The summed E-state index contributed by atoms with van der Waals surface area (Å²) in [5.41, 5.74) is 1.97. The highest BCUT2D eigenvalue weighted by atomic mass is 19.1. The highest BCUT2D eigenvalue weighted by Gasteiger charge is 2.02. The Morgan fingerprint density at radius 1 is 0.900 bits per heavy atom. The lowest BCUT2D eigenvalue weighted by atomic mass is 10.2. The Hall–Kier alpha value is -2.07. The van der Waals surface area contributed by atoms with Gasteiger partial charge in [0, 0.05) is 19.2 Å². The SMILES string of the molecule is COc1cc(CNCc2cccc(F)c2)cc(OC)c1. The Bertz CT molecular complexity index is 550. The van der Waals surface area contributed by atoms with Crippen LogP contribution in [0.1, 0.15) is 11.1 Å². The molecular formula is C16H18FNO2. The Kier molecular flexibility index (Phi) is 4.96. The normalized spacial score (nSPS) is 10.3. The molecule has 20 heavy (non-hydrogen) atoms. The molecule has 106 valence electrons. The average molecular weight is 275 g/mol. The number of rotatable bonds is 6. The Labute approximate surface area is 118 Å². The van der Waals surface area contributed by atoms with E-state index in [1.165, 1.54) is 12.1 Å². The van der Waals surface area contributed by atoms with Crippen molar-refractivity contribution < 1.29 is 13.9 Å². The van der Waals surface area contributed by atoms with E-state index in [4.69, 9.17) is 9.47 Å². The maximum absolute atomic E-state index is 13.1. The summed E-state index contributed by atoms with van der Waals surface area (Å²) in [6, 6.07) is 12.3. The molecular weight excluding hydrogens is 257 g/mol. The average Bonchev–Trinajstić information content (AvgIpc) is 2.47. The smallest absolute Gasteiger partial charge is 0.123 e. The van der Waals surface area contributed by atoms with Gasteiger partial charge in [0.1, 0.15) is 17.3 Å². The molecule has 0 saturated heterocycles. The minimum absolute atomic E-state index is 0.215. The monoisotopic (exact) mass is 275 g/mol. The Morgan fingerprint density at radius 2 is 1.55 bits per heavy atom. The van der Waals surface area contributed by atoms with Gasteiger partial charge < -0.3 is 14.8 Å². The van der Waals surface area contributed by atoms with Crippen LogP contribution in [0.3, 0.4) is 0 Å². The fraction of sp³-hybridized carbons (Fsp3) is 0.250. The molecule has 0 aliphatic carbocycles. The van der Waals surface area contributed by atoms with E-state index < -0.39 is 0 Å². The van der Waals surface area contributed by atoms with Crippen LogP contribution in [-0.2, 0) is 13.1 Å². The van der Waals surface area contributed by atoms with Crippen LogP contribution in [0.25, 0.3) is 0 Å². The molecule has 0 bridgehead atoms. The van der Waals surface area contributed by atoms with Crippen LogP contribution in [0.15, 0.2) is 42.5 Å². The third-order valence-corrected chi connectivity index (χ3v) is 2.96. The topological polar surface area (TPSA) is 30.5 Å². The first-order valence-corrected chi connectivity index (χ1v) is 6.38. The zero-order valence-corrected chi connectivity index (χ0v) is 11.7. The van der Waals surface area contributed by atoms with Gasteiger partial charge >= 0.3 is 0 Å². The van der Waals surface area contributed by atoms with Crippen LogP contribution in [0.5, 0.6) is 11.5 Å². The second-order valence-electron chi connectivity index (χ2n) is 4.45. The minimum Gasteiger partial charge on any atom is -0.497 e. The van der Waals surface area contributed by atoms with Gasteiger partial charge in [0.05, 0.1) is 14.2 Å². The summed E-state index contributed by atoms with van der Waals surface area (Å²) in [5.74, 6) is 1.30. The largest absolute Gasteiger partial charge is 0.497 e. The molecule has 0 fully saturated rings. The van der Waals surface area contributed by atoms with Gasteiger partial charge in [-0.3, -0.25) is 0 Å². The highest BCUT2D eigenvalue weighted by Crippen LogP contribution is 2.22. The van der Waals surface area contributed by atoms with Crippen molar-refractivity contribution in [1.29, 1.82) is 0 Å². The number of ether oxygens (including phenoxy) is 2. The second kappa shape index (κ2) is 6.91. The number of nitrogens with one attached hydrogen (secondary N) is 1. The van der Waals surface area contributed by atoms with Crippen molar-refractivity contribution in [2.24, 2.45) is 0 Å². The van der Waals surface area contributed by atoms with Gasteiger partial charge in [-0.25, -0.2) is 4.39 Å². The van der Waals surface area contributed by atoms with Gasteiger partial charge in [-0.05, 0) is 35.4 Å². The van der Waals surface area contributed by atoms with Crippen LogP contribution in [0.2, 0.25) is 0 Å². The summed E-state index contributed by atoms with van der Waals surface area (Å²) in [6.45, 7) is 1.27. The fourth-order valence-corrected chi connectivity index (χ4v) is 1.97. The molecule has 0 unspecified atom stereocenters. The van der Waals surface area contributed by atoms with Crippen molar-refractivity contribution in [2.75, 3.05) is 14.2 Å². The van der Waals surface area contributed by atoms with E-state index in [1.54, 1.807) is 20.3 Å². The summed E-state index contributed by atoms with van der Waals surface area (Å²) < 4.78 is 23.5. The van der Waals surface area contributed by atoms with Crippen molar-refractivity contribution in [3.05, 3.63) is 59.4 Å². The van der Waals surface area contributed by atoms with Crippen molar-refractivity contribution in [3.8, 4) is 11.5 Å². The molecule has 0 aliphatic rings. The summed E-state index contributed by atoms with van der Waals surface area (Å²) in [4.78, 5) is 0. The number of benzene rings is 2. The highest BCUT2D eigenvalue weighted by molar-refractivity contribution is 5.38. The standard InChI is InChI=1S/C16H18FNO2/c1-19-15-7-13(8-16(9-15)20-2)11-18-10-12-4-3-5-14(17)6-12/h3-9,18H,10-11H2,1-2H3. The quantitative estimate of drug-likeness (QED) is 0.878. The molecule has 0 atom stereocenters. The van der Waals surface area contributed by atoms with E-state index in [9.17, 15) is 4.39 Å². The third-order valence-electron chi connectivity index (χ3n) is 2.96. The number of halogens is 1. The van der Waals surface area contributed by atoms with Gasteiger partial charge in [-0.2, -0.15) is 0 Å². The minimum atomic E-state index is -0.215. The number of hydrogen-bond donors (Lipinski definition) is 1. The van der Waals surface area contributed by atoms with Gasteiger partial charge in [-0.15, -0.1) is 0 Å². The molecule has 0 saturated carbocycles. The summed E-state index contributed by atoms with van der Waals surface area (Å²) in [7, 11) is 3.25. The second-order valence-corrected chi connectivity index (χ2v) is 4.45. The number of methoxy groups -OCH3 is 2. The van der Waals surface area contributed by atoms with Crippen LogP contribution in [0, 0.1) is 5.82 Å². The third kappa shape index (κ3) is 3.96. The van der Waals surface area contributed by atoms with Gasteiger partial charge in [0.25, 0.3) is 0 Å². The molecule has 0 radical (unpaired) electrons. The Morgan fingerprint density at radius 3 is 2.15 bits per heavy atom. The summed E-state index contributed by atoms with van der Waals surface area (Å²) in [5, 5.41) is 3.27. The van der Waals surface area contributed by atoms with E-state index in [2.05, 4.69) is 5.32 Å². The van der Waals surface area contributed by atoms with E-state index in [0.717, 1.165) is 22.6 Å². The van der Waals surface area contributed by atoms with Crippen molar-refractivity contribution in [2.45, 2.75) is 13.1 Å². The zero-order valence-electron chi connectivity index (χ0n) is 11.7. The first-order chi connectivity index (χ1) is 9.71. The number of hydrogen-bond acceptors (Lipinski definition) is 3. The van der Waals surface area contributed by atoms with Gasteiger partial charge in [-0.1, -0.05) is 12.1 Å². The molecule has 0 aliphatic heterocycles. The predicted octanol–water partition coefficient (Wildman–Crippen LogP) is 3.13. The van der Waals surface area contributed by atoms with Crippen LogP contribution < -0.4 is 14.8 Å². The lowest BCUT2D eigenvalue weighted by Gasteiger charge is -2.09. The zero-order chi connectivity index (χ0) is 14.4. The molecule has 0 heterocycles. The molecule has 4 heteroatoms. The van der Waals surface area contributed by atoms with E-state index in [-0.39, 0.29) is 5.82 Å². The van der Waals surface area contributed by atoms with Crippen LogP contribution in [0.4, 0.5) is 4.39 Å². The molecule has 3 nitrogen and oxygen atoms in total. The van der Waals surface area contributed by atoms with E-state index >= 15 is 0 Å². The Balaban J connectivity index is 1.96. The molecule has 0 aromatic heterocycles. The fourth-order valence-electron chi connectivity index (χ4n) is 1.97. The molecule has 2 aromatic rings. The van der Waals surface area contributed by atoms with Gasteiger partial charge in [0.15, 0.2) is 0 Å². The molecule has 2 aromatic carbocycles. The van der Waals surface area contributed by atoms with Gasteiger partial charge in [0.2, 0.25) is 0 Å². The van der Waals surface area contributed by atoms with Crippen molar-refractivity contribution >= 4 is 0 Å². The molecule has 0 spiro atoms. The lowest BCUT2D eigenvalue weighted by molar-refractivity contribution is 0.393. The maximum atomic E-state index is 13.1. The van der Waals surface area contributed by atoms with Crippen molar-refractivity contribution in [3.63, 3.8) is 0 Å². The molecule has 0 amide bonds. The first-order valence-electron chi connectivity index (χ1n) is 6.38. The lowest BCUT2D eigenvalue weighted by Crippen LogP contribution is -2.12. The maximum Gasteiger partial charge on any atom is 0.123 e. The summed E-state index contributed by atoms with van der Waals surface area (Å²) in [6.07, 6.45) is 0.